The van der Waals surface area contributed by atoms with Crippen molar-refractivity contribution in [2.75, 3.05) is 29.9 Å². The van der Waals surface area contributed by atoms with Crippen LogP contribution in [0.3, 0.4) is 0 Å². The fourth-order valence-electron chi connectivity index (χ4n) is 2.44. The van der Waals surface area contributed by atoms with E-state index in [1.807, 2.05) is 6.92 Å². The average Bonchev–Trinajstić information content (AvgIpc) is 3.17. The van der Waals surface area contributed by atoms with Crippen LogP contribution in [0, 0.1) is 6.92 Å². The number of hydrogen-bond acceptors (Lipinski definition) is 6. The van der Waals surface area contributed by atoms with Crippen molar-refractivity contribution in [3.8, 4) is 0 Å². The van der Waals surface area contributed by atoms with Gasteiger partial charge in [0.05, 0.1) is 12.0 Å². The number of aromatic nitrogens is 2. The molecule has 1 aliphatic carbocycles. The Balaban J connectivity index is 2.09. The first-order valence-electron chi connectivity index (χ1n) is 7.12. The summed E-state index contributed by atoms with van der Waals surface area (Å²) in [5.41, 5.74) is 0. The summed E-state index contributed by atoms with van der Waals surface area (Å²) in [6.07, 6.45) is 2.37. The first kappa shape index (κ1) is 13.6. The molecular weight excluding hydrogens is 272 g/mol. The van der Waals surface area contributed by atoms with E-state index < -0.39 is 0 Å². The molecule has 108 valence electrons. The number of nitrogens with one attached hydrogen (secondary N) is 1. The molecule has 0 aromatic carbocycles. The zero-order valence-electron chi connectivity index (χ0n) is 11.9. The molecule has 6 heteroatoms. The first-order chi connectivity index (χ1) is 9.72. The van der Waals surface area contributed by atoms with Gasteiger partial charge < -0.3 is 15.3 Å². The first-order valence-corrected chi connectivity index (χ1v) is 7.94. The second kappa shape index (κ2) is 5.54. The Kier molecular flexibility index (Phi) is 3.76. The number of fused-ring (bicyclic) bond motifs is 1. The highest BCUT2D eigenvalue weighted by atomic mass is 32.1. The van der Waals surface area contributed by atoms with Crippen molar-refractivity contribution in [3.05, 3.63) is 10.9 Å². The molecular formula is C14H20N4OS. The average molecular weight is 292 g/mol. The predicted molar refractivity (Wildman–Crippen MR) is 83.8 cm³/mol. The molecule has 2 aromatic heterocycles. The second-order valence-corrected chi connectivity index (χ2v) is 6.36. The van der Waals surface area contributed by atoms with Crippen LogP contribution in [0.15, 0.2) is 6.07 Å². The molecule has 3 rings (SSSR count). The minimum absolute atomic E-state index is 0.154. The van der Waals surface area contributed by atoms with E-state index in [2.05, 4.69) is 33.2 Å². The van der Waals surface area contributed by atoms with Gasteiger partial charge in [-0.2, -0.15) is 4.98 Å². The van der Waals surface area contributed by atoms with E-state index in [1.54, 1.807) is 11.3 Å². The summed E-state index contributed by atoms with van der Waals surface area (Å²) < 4.78 is 0. The molecule has 0 aliphatic heterocycles. The lowest BCUT2D eigenvalue weighted by Gasteiger charge is -2.23. The molecule has 0 saturated heterocycles. The monoisotopic (exact) mass is 292 g/mol. The normalized spacial score (nSPS) is 14.8. The molecule has 1 aliphatic rings. The van der Waals surface area contributed by atoms with Crippen LogP contribution in [0.5, 0.6) is 0 Å². The summed E-state index contributed by atoms with van der Waals surface area (Å²) in [5.74, 6) is 1.65. The minimum atomic E-state index is 0.154. The van der Waals surface area contributed by atoms with Gasteiger partial charge in [-0.05, 0) is 32.8 Å². The summed E-state index contributed by atoms with van der Waals surface area (Å²) in [7, 11) is 0. The van der Waals surface area contributed by atoms with Gasteiger partial charge in [0, 0.05) is 24.0 Å². The van der Waals surface area contributed by atoms with Gasteiger partial charge >= 0.3 is 0 Å². The maximum Gasteiger partial charge on any atom is 0.226 e. The molecule has 0 atom stereocenters. The largest absolute Gasteiger partial charge is 0.395 e. The van der Waals surface area contributed by atoms with E-state index in [0.29, 0.717) is 18.5 Å². The second-order valence-electron chi connectivity index (χ2n) is 5.13. The Morgan fingerprint density at radius 3 is 2.90 bits per heavy atom. The molecule has 0 unspecified atom stereocenters. The van der Waals surface area contributed by atoms with Crippen LogP contribution in [0.25, 0.3) is 10.2 Å². The summed E-state index contributed by atoms with van der Waals surface area (Å²) in [5, 5.41) is 13.6. The number of nitrogens with zero attached hydrogens (tertiary/aromatic N) is 3. The summed E-state index contributed by atoms with van der Waals surface area (Å²) in [6, 6.07) is 2.67. The molecule has 5 nitrogen and oxygen atoms in total. The van der Waals surface area contributed by atoms with Crippen LogP contribution in [0.1, 0.15) is 24.6 Å². The minimum Gasteiger partial charge on any atom is -0.395 e. The number of anilines is 2. The molecule has 2 heterocycles. The molecule has 2 N–H and O–H groups in total. The number of aryl methyl sites for hydroxylation is 1. The summed E-state index contributed by atoms with van der Waals surface area (Å²) in [6.45, 7) is 5.73. The third-order valence-electron chi connectivity index (χ3n) is 3.43. The van der Waals surface area contributed by atoms with Gasteiger partial charge in [-0.1, -0.05) is 0 Å². The van der Waals surface area contributed by atoms with E-state index in [0.717, 1.165) is 22.6 Å². The van der Waals surface area contributed by atoms with E-state index >= 15 is 0 Å². The highest BCUT2D eigenvalue weighted by Gasteiger charge is 2.31. The summed E-state index contributed by atoms with van der Waals surface area (Å²) in [4.78, 5) is 13.8. The smallest absolute Gasteiger partial charge is 0.226 e. The zero-order chi connectivity index (χ0) is 14.1. The van der Waals surface area contributed by atoms with Crippen molar-refractivity contribution in [2.45, 2.75) is 32.7 Å². The molecule has 1 saturated carbocycles. The standard InChI is InChI=1S/C14H20N4OS/c1-3-15-14-16-12(18(6-7-19)10-4-5-10)11-8-9(2)20-13(11)17-14/h8,10,19H,3-7H2,1-2H3,(H,15,16,17). The number of rotatable bonds is 6. The van der Waals surface area contributed by atoms with Gasteiger partial charge in [0.1, 0.15) is 10.6 Å². The third-order valence-corrected chi connectivity index (χ3v) is 4.38. The number of thiophene rings is 1. The SMILES string of the molecule is CCNc1nc(N(CCO)C2CC2)c2cc(C)sc2n1. The molecule has 20 heavy (non-hydrogen) atoms. The van der Waals surface area contributed by atoms with Crippen molar-refractivity contribution in [2.24, 2.45) is 0 Å². The zero-order valence-corrected chi connectivity index (χ0v) is 12.7. The topological polar surface area (TPSA) is 61.3 Å². The van der Waals surface area contributed by atoms with Crippen molar-refractivity contribution in [3.63, 3.8) is 0 Å². The van der Waals surface area contributed by atoms with Gasteiger partial charge in [0.25, 0.3) is 0 Å². The molecule has 0 amide bonds. The van der Waals surface area contributed by atoms with Crippen molar-refractivity contribution < 1.29 is 5.11 Å². The maximum atomic E-state index is 9.33. The fraction of sp³-hybridized carbons (Fsp3) is 0.571. The lowest BCUT2D eigenvalue weighted by Crippen LogP contribution is -2.30. The predicted octanol–water partition coefficient (Wildman–Crippen LogP) is 2.39. The Hall–Kier alpha value is -1.40. The number of aliphatic hydroxyl groups excluding tert-OH is 1. The van der Waals surface area contributed by atoms with Gasteiger partial charge in [-0.15, -0.1) is 11.3 Å². The van der Waals surface area contributed by atoms with Gasteiger partial charge in [0.2, 0.25) is 5.95 Å². The lowest BCUT2D eigenvalue weighted by atomic mass is 10.3. The van der Waals surface area contributed by atoms with Crippen LogP contribution in [-0.4, -0.2) is 40.8 Å². The summed E-state index contributed by atoms with van der Waals surface area (Å²) >= 11 is 1.69. The van der Waals surface area contributed by atoms with Crippen molar-refractivity contribution in [1.29, 1.82) is 0 Å². The molecule has 0 spiro atoms. The van der Waals surface area contributed by atoms with E-state index in [4.69, 9.17) is 0 Å². The molecule has 2 aromatic rings. The van der Waals surface area contributed by atoms with Gasteiger partial charge in [0.15, 0.2) is 0 Å². The maximum absolute atomic E-state index is 9.33. The van der Waals surface area contributed by atoms with Crippen molar-refractivity contribution >= 4 is 33.3 Å². The van der Waals surface area contributed by atoms with Crippen LogP contribution in [-0.2, 0) is 0 Å². The van der Waals surface area contributed by atoms with Gasteiger partial charge in [-0.3, -0.25) is 0 Å². The van der Waals surface area contributed by atoms with E-state index in [1.165, 1.54) is 17.7 Å². The van der Waals surface area contributed by atoms with Gasteiger partial charge in [-0.25, -0.2) is 4.98 Å². The molecule has 0 radical (unpaired) electrons. The Morgan fingerprint density at radius 2 is 2.25 bits per heavy atom. The Labute approximate surface area is 122 Å². The van der Waals surface area contributed by atoms with E-state index in [9.17, 15) is 5.11 Å². The fourth-order valence-corrected chi connectivity index (χ4v) is 3.31. The Bertz CT molecular complexity index is 608. The number of hydrogen-bond donors (Lipinski definition) is 2. The van der Waals surface area contributed by atoms with E-state index in [-0.39, 0.29) is 6.61 Å². The molecule has 0 bridgehead atoms. The van der Waals surface area contributed by atoms with Crippen LogP contribution in [0.2, 0.25) is 0 Å². The quantitative estimate of drug-likeness (QED) is 0.856. The van der Waals surface area contributed by atoms with Crippen LogP contribution < -0.4 is 10.2 Å². The van der Waals surface area contributed by atoms with Crippen molar-refractivity contribution in [1.82, 2.24) is 9.97 Å². The van der Waals surface area contributed by atoms with Crippen LogP contribution >= 0.6 is 11.3 Å². The number of aliphatic hydroxyl groups is 1. The van der Waals surface area contributed by atoms with Crippen LogP contribution in [0.4, 0.5) is 11.8 Å². The third kappa shape index (κ3) is 2.58. The molecule has 1 fully saturated rings. The Morgan fingerprint density at radius 1 is 1.45 bits per heavy atom. The lowest BCUT2D eigenvalue weighted by molar-refractivity contribution is 0.301. The highest BCUT2D eigenvalue weighted by molar-refractivity contribution is 7.18. The highest BCUT2D eigenvalue weighted by Crippen LogP contribution is 2.37.